The lowest BCUT2D eigenvalue weighted by Crippen LogP contribution is -2.16. The van der Waals surface area contributed by atoms with Crippen molar-refractivity contribution in [1.29, 1.82) is 0 Å². The fraction of sp³-hybridized carbons (Fsp3) is 0.300. The molecule has 0 N–H and O–H groups in total. The summed E-state index contributed by atoms with van der Waals surface area (Å²) in [6.07, 6.45) is -7.47. The lowest BCUT2D eigenvalue weighted by atomic mass is 10.3. The van der Waals surface area contributed by atoms with E-state index in [-0.39, 0.29) is 5.69 Å². The van der Waals surface area contributed by atoms with Crippen molar-refractivity contribution < 1.29 is 26.7 Å². The van der Waals surface area contributed by atoms with Crippen molar-refractivity contribution in [2.24, 2.45) is 4.99 Å². The van der Waals surface area contributed by atoms with Gasteiger partial charge in [0, 0.05) is 0 Å². The Morgan fingerprint density at radius 1 is 1.18 bits per heavy atom. The molecule has 0 fully saturated rings. The van der Waals surface area contributed by atoms with E-state index in [0.29, 0.717) is 0 Å². The molecule has 0 aliphatic carbocycles. The highest BCUT2D eigenvalue weighted by Gasteiger charge is 2.30. The van der Waals surface area contributed by atoms with Gasteiger partial charge in [-0.1, -0.05) is 0 Å². The number of hydrogen-bond donors (Lipinski definition) is 0. The van der Waals surface area contributed by atoms with E-state index in [1.54, 1.807) is 0 Å². The fourth-order valence-electron chi connectivity index (χ4n) is 0.975. The van der Waals surface area contributed by atoms with Crippen molar-refractivity contribution in [3.8, 4) is 5.75 Å². The third-order valence-corrected chi connectivity index (χ3v) is 1.69. The predicted molar refractivity (Wildman–Crippen MR) is 51.9 cm³/mol. The van der Waals surface area contributed by atoms with Crippen molar-refractivity contribution in [1.82, 2.24) is 0 Å². The van der Waals surface area contributed by atoms with Crippen molar-refractivity contribution in [2.75, 3.05) is 0 Å². The molecule has 0 atom stereocenters. The van der Waals surface area contributed by atoms with Crippen LogP contribution in [0.15, 0.2) is 29.3 Å². The number of benzene rings is 1. The second-order valence-corrected chi connectivity index (χ2v) is 3.10. The molecule has 0 bridgehead atoms. The summed E-state index contributed by atoms with van der Waals surface area (Å²) < 4.78 is 63.3. The van der Waals surface area contributed by atoms with E-state index in [1.165, 1.54) is 0 Å². The Balaban J connectivity index is 2.79. The van der Waals surface area contributed by atoms with Crippen LogP contribution in [0, 0.1) is 0 Å². The predicted octanol–water partition coefficient (Wildman–Crippen LogP) is 3.94. The van der Waals surface area contributed by atoms with Crippen molar-refractivity contribution in [2.45, 2.75) is 19.7 Å². The summed E-state index contributed by atoms with van der Waals surface area (Å²) in [7, 11) is 0. The summed E-state index contributed by atoms with van der Waals surface area (Å²) in [5.74, 6) is -0.425. The number of ether oxygens (including phenoxy) is 1. The van der Waals surface area contributed by atoms with Crippen LogP contribution in [0.1, 0.15) is 6.92 Å². The molecule has 94 valence electrons. The summed E-state index contributed by atoms with van der Waals surface area (Å²) >= 11 is 0. The minimum Gasteiger partial charge on any atom is -0.406 e. The monoisotopic (exact) mass is 253 g/mol. The van der Waals surface area contributed by atoms with Crippen LogP contribution in [-0.4, -0.2) is 18.5 Å². The largest absolute Gasteiger partial charge is 0.573 e. The van der Waals surface area contributed by atoms with E-state index in [0.717, 1.165) is 31.2 Å². The van der Waals surface area contributed by atoms with E-state index in [4.69, 9.17) is 0 Å². The molecule has 2 nitrogen and oxygen atoms in total. The van der Waals surface area contributed by atoms with Gasteiger partial charge in [0.05, 0.1) is 11.4 Å². The third-order valence-electron chi connectivity index (χ3n) is 1.69. The maximum atomic E-state index is 12.1. The van der Waals surface area contributed by atoms with Crippen LogP contribution in [0.25, 0.3) is 0 Å². The molecular formula is C10H8F5NO. The molecule has 1 rings (SSSR count). The first-order valence-corrected chi connectivity index (χ1v) is 4.47. The third kappa shape index (κ3) is 4.80. The van der Waals surface area contributed by atoms with Crippen LogP contribution in [-0.2, 0) is 0 Å². The van der Waals surface area contributed by atoms with Gasteiger partial charge < -0.3 is 4.74 Å². The highest BCUT2D eigenvalue weighted by atomic mass is 19.4. The minimum absolute atomic E-state index is 0.136. The number of alkyl halides is 5. The molecule has 0 aliphatic rings. The van der Waals surface area contributed by atoms with Crippen molar-refractivity contribution in [3.05, 3.63) is 24.3 Å². The molecule has 7 heteroatoms. The quantitative estimate of drug-likeness (QED) is 0.590. The number of aliphatic imine (C=N–C) groups is 1. The van der Waals surface area contributed by atoms with E-state index >= 15 is 0 Å². The molecular weight excluding hydrogens is 245 g/mol. The molecule has 1 aromatic carbocycles. The SMILES string of the molecule is CC(=Nc1ccc(OC(F)(F)F)cc1)C(F)F. The van der Waals surface area contributed by atoms with Gasteiger partial charge >= 0.3 is 6.36 Å². The van der Waals surface area contributed by atoms with Gasteiger partial charge in [0.1, 0.15) is 5.75 Å². The standard InChI is InChI=1S/C10H8F5NO/c1-6(9(11)12)16-7-2-4-8(5-3-7)17-10(13,14)15/h2-5,9H,1H3. The molecule has 0 amide bonds. The molecule has 0 saturated carbocycles. The Morgan fingerprint density at radius 2 is 1.71 bits per heavy atom. The zero-order valence-electron chi connectivity index (χ0n) is 8.63. The van der Waals surface area contributed by atoms with Gasteiger partial charge in [0.25, 0.3) is 6.43 Å². The van der Waals surface area contributed by atoms with E-state index in [9.17, 15) is 22.0 Å². The molecule has 0 heterocycles. The molecule has 0 saturated heterocycles. The van der Waals surface area contributed by atoms with Gasteiger partial charge in [0.15, 0.2) is 0 Å². The summed E-state index contributed by atoms with van der Waals surface area (Å²) in [4.78, 5) is 3.53. The maximum Gasteiger partial charge on any atom is 0.573 e. The fourth-order valence-corrected chi connectivity index (χ4v) is 0.975. The lowest BCUT2D eigenvalue weighted by Gasteiger charge is -2.08. The van der Waals surface area contributed by atoms with Crippen LogP contribution < -0.4 is 4.74 Å². The molecule has 0 aromatic heterocycles. The number of rotatable bonds is 3. The number of hydrogen-bond acceptors (Lipinski definition) is 2. The summed E-state index contributed by atoms with van der Waals surface area (Å²) in [5, 5.41) is 0. The molecule has 0 aliphatic heterocycles. The first-order valence-electron chi connectivity index (χ1n) is 4.47. The van der Waals surface area contributed by atoms with Crippen LogP contribution >= 0.6 is 0 Å². The van der Waals surface area contributed by atoms with Crippen LogP contribution in [0.2, 0.25) is 0 Å². The van der Waals surface area contributed by atoms with Gasteiger partial charge in [-0.05, 0) is 31.2 Å². The van der Waals surface area contributed by atoms with Crippen molar-refractivity contribution >= 4 is 11.4 Å². The molecule has 0 spiro atoms. The summed E-state index contributed by atoms with van der Waals surface area (Å²) in [6, 6.07) is 4.33. The Labute approximate surface area is 93.7 Å². The zero-order valence-corrected chi connectivity index (χ0v) is 8.63. The van der Waals surface area contributed by atoms with Crippen LogP contribution in [0.3, 0.4) is 0 Å². The Bertz CT molecular complexity index is 396. The zero-order chi connectivity index (χ0) is 13.1. The average molecular weight is 253 g/mol. The van der Waals surface area contributed by atoms with Gasteiger partial charge in [-0.25, -0.2) is 8.78 Å². The first kappa shape index (κ1) is 13.4. The number of halogens is 5. The van der Waals surface area contributed by atoms with Gasteiger partial charge in [-0.15, -0.1) is 13.2 Å². The van der Waals surface area contributed by atoms with E-state index in [1.807, 2.05) is 0 Å². The average Bonchev–Trinajstić information content (AvgIpc) is 2.18. The summed E-state index contributed by atoms with van der Waals surface area (Å²) in [5.41, 5.74) is -0.271. The van der Waals surface area contributed by atoms with E-state index in [2.05, 4.69) is 9.73 Å². The maximum absolute atomic E-state index is 12.1. The normalized spacial score (nSPS) is 13.0. The Kier molecular flexibility index (Phi) is 4.03. The summed E-state index contributed by atoms with van der Waals surface area (Å²) in [6.45, 7) is 1.13. The molecule has 0 unspecified atom stereocenters. The second-order valence-electron chi connectivity index (χ2n) is 3.10. The van der Waals surface area contributed by atoms with E-state index < -0.39 is 24.2 Å². The van der Waals surface area contributed by atoms with Crippen LogP contribution in [0.4, 0.5) is 27.6 Å². The molecule has 1 aromatic rings. The van der Waals surface area contributed by atoms with Crippen molar-refractivity contribution in [3.63, 3.8) is 0 Å². The first-order chi connectivity index (χ1) is 7.78. The Morgan fingerprint density at radius 3 is 2.12 bits per heavy atom. The molecule has 17 heavy (non-hydrogen) atoms. The van der Waals surface area contributed by atoms with Gasteiger partial charge in [0.2, 0.25) is 0 Å². The van der Waals surface area contributed by atoms with Gasteiger partial charge in [-0.2, -0.15) is 0 Å². The lowest BCUT2D eigenvalue weighted by molar-refractivity contribution is -0.274. The number of nitrogens with zero attached hydrogens (tertiary/aromatic N) is 1. The smallest absolute Gasteiger partial charge is 0.406 e. The molecule has 0 radical (unpaired) electrons. The minimum atomic E-state index is -4.77. The topological polar surface area (TPSA) is 21.6 Å². The highest BCUT2D eigenvalue weighted by Crippen LogP contribution is 2.25. The van der Waals surface area contributed by atoms with Crippen LogP contribution in [0.5, 0.6) is 5.75 Å². The highest BCUT2D eigenvalue weighted by molar-refractivity contribution is 5.87. The van der Waals surface area contributed by atoms with Gasteiger partial charge in [-0.3, -0.25) is 4.99 Å². The second kappa shape index (κ2) is 5.11. The Hall–Kier alpha value is -1.66.